The number of aryl methyl sites for hydroxylation is 3. The van der Waals surface area contributed by atoms with Crippen molar-refractivity contribution in [3.05, 3.63) is 64.5 Å². The molecule has 2 aromatic carbocycles. The Labute approximate surface area is 147 Å². The molecule has 0 atom stereocenters. The first kappa shape index (κ1) is 18.4. The Morgan fingerprint density at radius 1 is 1.09 bits per heavy atom. The Balaban J connectivity index is 0.00000242. The second-order valence-electron chi connectivity index (χ2n) is 5.29. The smallest absolute Gasteiger partial charge is 0.193 e. The molecule has 0 amide bonds. The average Bonchev–Trinajstić information content (AvgIpc) is 2.39. The van der Waals surface area contributed by atoms with Crippen LogP contribution in [0, 0.1) is 26.6 Å². The quantitative estimate of drug-likeness (QED) is 0.448. The largest absolute Gasteiger partial charge is 0.370 e. The Morgan fingerprint density at radius 3 is 2.32 bits per heavy atom. The highest BCUT2D eigenvalue weighted by molar-refractivity contribution is 14.0. The van der Waals surface area contributed by atoms with Crippen LogP contribution in [0.5, 0.6) is 0 Å². The zero-order chi connectivity index (χ0) is 15.4. The molecule has 0 aliphatic carbocycles. The van der Waals surface area contributed by atoms with Crippen molar-refractivity contribution >= 4 is 35.6 Å². The minimum Gasteiger partial charge on any atom is -0.370 e. The van der Waals surface area contributed by atoms with Crippen molar-refractivity contribution in [1.29, 1.82) is 0 Å². The molecule has 0 aromatic heterocycles. The van der Waals surface area contributed by atoms with Crippen molar-refractivity contribution in [3.8, 4) is 0 Å². The number of aliphatic imine (C=N–C) groups is 1. The lowest BCUT2D eigenvalue weighted by Crippen LogP contribution is -2.22. The molecule has 0 aliphatic rings. The lowest BCUT2D eigenvalue weighted by molar-refractivity contribution is 0.616. The topological polar surface area (TPSA) is 50.4 Å². The molecule has 2 aromatic rings. The lowest BCUT2D eigenvalue weighted by Gasteiger charge is -2.08. The molecule has 0 spiro atoms. The number of nitrogens with one attached hydrogen (secondary N) is 1. The Morgan fingerprint density at radius 2 is 1.73 bits per heavy atom. The summed E-state index contributed by atoms with van der Waals surface area (Å²) in [5, 5.41) is 3.05. The van der Waals surface area contributed by atoms with Gasteiger partial charge in [-0.1, -0.05) is 18.2 Å². The SMILES string of the molecule is Cc1cc(C)cc(NC(N)=NCc2ccc(C)c(F)c2)c1.I. The van der Waals surface area contributed by atoms with Crippen LogP contribution < -0.4 is 11.1 Å². The first-order chi connectivity index (χ1) is 9.94. The van der Waals surface area contributed by atoms with E-state index in [-0.39, 0.29) is 29.8 Å². The van der Waals surface area contributed by atoms with Crippen LogP contribution in [-0.2, 0) is 6.54 Å². The zero-order valence-electron chi connectivity index (χ0n) is 13.0. The maximum Gasteiger partial charge on any atom is 0.193 e. The molecule has 0 saturated heterocycles. The number of halogens is 2. The van der Waals surface area contributed by atoms with Gasteiger partial charge >= 0.3 is 0 Å². The van der Waals surface area contributed by atoms with Gasteiger partial charge in [-0.05, 0) is 61.2 Å². The van der Waals surface area contributed by atoms with Crippen molar-refractivity contribution in [2.45, 2.75) is 27.3 Å². The van der Waals surface area contributed by atoms with E-state index in [1.165, 1.54) is 6.07 Å². The molecule has 0 saturated carbocycles. The van der Waals surface area contributed by atoms with E-state index in [0.29, 0.717) is 18.1 Å². The molecule has 22 heavy (non-hydrogen) atoms. The van der Waals surface area contributed by atoms with E-state index < -0.39 is 0 Å². The van der Waals surface area contributed by atoms with E-state index in [1.54, 1.807) is 13.0 Å². The van der Waals surface area contributed by atoms with Gasteiger partial charge in [0.25, 0.3) is 0 Å². The number of hydrogen-bond acceptors (Lipinski definition) is 1. The fourth-order valence-electron chi connectivity index (χ4n) is 2.15. The summed E-state index contributed by atoms with van der Waals surface area (Å²) in [5.41, 5.74) is 10.5. The van der Waals surface area contributed by atoms with E-state index in [0.717, 1.165) is 22.4 Å². The van der Waals surface area contributed by atoms with E-state index in [1.807, 2.05) is 32.0 Å². The van der Waals surface area contributed by atoms with Gasteiger partial charge in [0.2, 0.25) is 0 Å². The predicted octanol–water partition coefficient (Wildman–Crippen LogP) is 4.30. The van der Waals surface area contributed by atoms with Crippen LogP contribution in [-0.4, -0.2) is 5.96 Å². The summed E-state index contributed by atoms with van der Waals surface area (Å²) in [4.78, 5) is 4.24. The highest BCUT2D eigenvalue weighted by atomic mass is 127. The first-order valence-electron chi connectivity index (χ1n) is 6.84. The third-order valence-corrected chi connectivity index (χ3v) is 3.16. The van der Waals surface area contributed by atoms with Crippen molar-refractivity contribution < 1.29 is 4.39 Å². The van der Waals surface area contributed by atoms with Crippen LogP contribution in [0.2, 0.25) is 0 Å². The monoisotopic (exact) mass is 413 g/mol. The second-order valence-corrected chi connectivity index (χ2v) is 5.29. The van der Waals surface area contributed by atoms with Gasteiger partial charge in [-0.2, -0.15) is 0 Å². The van der Waals surface area contributed by atoms with E-state index in [9.17, 15) is 4.39 Å². The average molecular weight is 413 g/mol. The third-order valence-electron chi connectivity index (χ3n) is 3.16. The zero-order valence-corrected chi connectivity index (χ0v) is 15.3. The molecule has 5 heteroatoms. The summed E-state index contributed by atoms with van der Waals surface area (Å²) in [6.07, 6.45) is 0. The second kappa shape index (κ2) is 8.12. The molecular formula is C17H21FIN3. The molecule has 2 rings (SSSR count). The minimum absolute atomic E-state index is 0. The fourth-order valence-corrected chi connectivity index (χ4v) is 2.15. The summed E-state index contributed by atoms with van der Waals surface area (Å²) in [6, 6.07) is 11.2. The maximum absolute atomic E-state index is 13.4. The first-order valence-corrected chi connectivity index (χ1v) is 6.84. The van der Waals surface area contributed by atoms with Gasteiger partial charge < -0.3 is 11.1 Å². The number of nitrogens with zero attached hydrogens (tertiary/aromatic N) is 1. The summed E-state index contributed by atoms with van der Waals surface area (Å²) in [5.74, 6) is 0.101. The Bertz CT molecular complexity index is 663. The highest BCUT2D eigenvalue weighted by Gasteiger charge is 2.00. The summed E-state index contributed by atoms with van der Waals surface area (Å²) in [6.45, 7) is 6.14. The van der Waals surface area contributed by atoms with Crippen molar-refractivity contribution in [2.24, 2.45) is 10.7 Å². The number of nitrogens with two attached hydrogens (primary N) is 1. The maximum atomic E-state index is 13.4. The van der Waals surface area contributed by atoms with Crippen LogP contribution in [0.25, 0.3) is 0 Å². The summed E-state index contributed by atoms with van der Waals surface area (Å²) in [7, 11) is 0. The molecule has 3 nitrogen and oxygen atoms in total. The van der Waals surface area contributed by atoms with Crippen molar-refractivity contribution in [1.82, 2.24) is 0 Å². The van der Waals surface area contributed by atoms with Crippen LogP contribution in [0.1, 0.15) is 22.3 Å². The van der Waals surface area contributed by atoms with E-state index in [2.05, 4.69) is 16.4 Å². The molecule has 0 fully saturated rings. The molecule has 0 bridgehead atoms. The van der Waals surface area contributed by atoms with Gasteiger partial charge in [0.1, 0.15) is 5.82 Å². The summed E-state index contributed by atoms with van der Waals surface area (Å²) < 4.78 is 13.4. The number of rotatable bonds is 3. The van der Waals surface area contributed by atoms with Gasteiger partial charge in [0.05, 0.1) is 6.54 Å². The van der Waals surface area contributed by atoms with E-state index in [4.69, 9.17) is 5.73 Å². The fraction of sp³-hybridized carbons (Fsp3) is 0.235. The molecule has 3 N–H and O–H groups in total. The number of benzene rings is 2. The molecule has 0 unspecified atom stereocenters. The Kier molecular flexibility index (Phi) is 6.80. The normalized spacial score (nSPS) is 11.0. The van der Waals surface area contributed by atoms with Crippen LogP contribution in [0.15, 0.2) is 41.4 Å². The van der Waals surface area contributed by atoms with Gasteiger partial charge in [-0.3, -0.25) is 0 Å². The molecule has 0 radical (unpaired) electrons. The van der Waals surface area contributed by atoms with Crippen LogP contribution >= 0.6 is 24.0 Å². The van der Waals surface area contributed by atoms with Gasteiger partial charge in [0, 0.05) is 5.69 Å². The minimum atomic E-state index is -0.219. The molecular weight excluding hydrogens is 392 g/mol. The van der Waals surface area contributed by atoms with Crippen LogP contribution in [0.4, 0.5) is 10.1 Å². The van der Waals surface area contributed by atoms with Crippen molar-refractivity contribution in [3.63, 3.8) is 0 Å². The number of hydrogen-bond donors (Lipinski definition) is 2. The predicted molar refractivity (Wildman–Crippen MR) is 101 cm³/mol. The van der Waals surface area contributed by atoms with Gasteiger partial charge in [-0.15, -0.1) is 24.0 Å². The molecule has 0 aliphatic heterocycles. The van der Waals surface area contributed by atoms with Crippen molar-refractivity contribution in [2.75, 3.05) is 5.32 Å². The Hall–Kier alpha value is -1.63. The lowest BCUT2D eigenvalue weighted by atomic mass is 10.1. The standard InChI is InChI=1S/C17H20FN3.HI/c1-11-6-12(2)8-15(7-11)21-17(19)20-10-14-5-4-13(3)16(18)9-14;/h4-9H,10H2,1-3H3,(H3,19,20,21);1H. The van der Waals surface area contributed by atoms with Gasteiger partial charge in [0.15, 0.2) is 5.96 Å². The number of anilines is 1. The number of guanidine groups is 1. The van der Waals surface area contributed by atoms with Crippen LogP contribution in [0.3, 0.4) is 0 Å². The summed E-state index contributed by atoms with van der Waals surface area (Å²) >= 11 is 0. The highest BCUT2D eigenvalue weighted by Crippen LogP contribution is 2.14. The molecule has 118 valence electrons. The van der Waals surface area contributed by atoms with E-state index >= 15 is 0 Å². The molecule has 0 heterocycles. The third kappa shape index (κ3) is 5.29. The van der Waals surface area contributed by atoms with Gasteiger partial charge in [-0.25, -0.2) is 9.38 Å².